The van der Waals surface area contributed by atoms with E-state index in [9.17, 15) is 9.59 Å². The van der Waals surface area contributed by atoms with E-state index in [1.54, 1.807) is 12.1 Å². The molecule has 0 unspecified atom stereocenters. The van der Waals surface area contributed by atoms with Gasteiger partial charge in [0.15, 0.2) is 11.9 Å². The number of nitrogen functional groups attached to an aromatic ring is 2. The first-order valence-corrected chi connectivity index (χ1v) is 14.4. The van der Waals surface area contributed by atoms with Gasteiger partial charge in [-0.15, -0.1) is 0 Å². The highest BCUT2D eigenvalue weighted by atomic mass is 79.9. The number of nitrogens with two attached hydrogens (primary N) is 2. The Labute approximate surface area is 247 Å². The van der Waals surface area contributed by atoms with Crippen molar-refractivity contribution in [1.82, 2.24) is 40.5 Å². The van der Waals surface area contributed by atoms with Crippen molar-refractivity contribution >= 4 is 109 Å². The number of anilines is 2. The maximum absolute atomic E-state index is 12.9. The minimum absolute atomic E-state index is 0.175. The second-order valence-corrected chi connectivity index (χ2v) is 12.1. The third-order valence-electron chi connectivity index (χ3n) is 6.63. The molecule has 1 aromatic carbocycles. The normalized spacial score (nSPS) is 16.5. The molecule has 5 aromatic rings. The summed E-state index contributed by atoms with van der Waals surface area (Å²) in [7, 11) is 0. The van der Waals surface area contributed by atoms with Crippen LogP contribution >= 0.6 is 63.7 Å². The molecule has 16 heteroatoms. The molecule has 4 heterocycles. The maximum Gasteiger partial charge on any atom is 0.267 e. The fourth-order valence-electron chi connectivity index (χ4n) is 4.98. The Kier molecular flexibility index (Phi) is 6.32. The van der Waals surface area contributed by atoms with Crippen LogP contribution in [0.5, 0.6) is 0 Å². The molecule has 0 saturated heterocycles. The van der Waals surface area contributed by atoms with Crippen molar-refractivity contribution in [3.8, 4) is 0 Å². The molecular weight excluding hydrogens is 756 g/mol. The highest BCUT2D eigenvalue weighted by Gasteiger charge is 2.43. The highest BCUT2D eigenvalue weighted by molar-refractivity contribution is 9.13. The SMILES string of the molecule is Nc1nc2c3c(c4nc(N)[nH]c4c2[nH]1)[C@@H](CNC(=O)c1cc(Br)c(Br)[nH]1)[C@@H]3CNC(=O)c1cc(Br)c(Br)[nH]1. The van der Waals surface area contributed by atoms with Gasteiger partial charge in [0.2, 0.25) is 0 Å². The van der Waals surface area contributed by atoms with Crippen LogP contribution in [0.1, 0.15) is 43.9 Å². The largest absolute Gasteiger partial charge is 0.369 e. The Morgan fingerprint density at radius 1 is 0.737 bits per heavy atom. The monoisotopic (exact) mass is 770 g/mol. The van der Waals surface area contributed by atoms with Gasteiger partial charge in [0.25, 0.3) is 11.8 Å². The van der Waals surface area contributed by atoms with E-state index >= 15 is 0 Å². The van der Waals surface area contributed by atoms with Crippen LogP contribution in [-0.2, 0) is 0 Å². The van der Waals surface area contributed by atoms with Crippen molar-refractivity contribution < 1.29 is 9.59 Å². The van der Waals surface area contributed by atoms with Crippen LogP contribution in [0.25, 0.3) is 22.1 Å². The number of aromatic nitrogens is 6. The van der Waals surface area contributed by atoms with E-state index in [1.165, 1.54) is 0 Å². The third-order valence-corrected chi connectivity index (χ3v) is 10.2. The molecule has 0 spiro atoms. The van der Waals surface area contributed by atoms with Crippen LogP contribution in [0.4, 0.5) is 11.9 Å². The van der Waals surface area contributed by atoms with Crippen LogP contribution < -0.4 is 22.1 Å². The first-order valence-electron chi connectivity index (χ1n) is 11.2. The smallest absolute Gasteiger partial charge is 0.267 e. The summed E-state index contributed by atoms with van der Waals surface area (Å²) < 4.78 is 2.83. The first-order chi connectivity index (χ1) is 18.1. The number of nitrogens with zero attached hydrogens (tertiary/aromatic N) is 2. The Morgan fingerprint density at radius 3 is 1.47 bits per heavy atom. The predicted octanol–water partition coefficient (Wildman–Crippen LogP) is 4.35. The van der Waals surface area contributed by atoms with Gasteiger partial charge in [0.05, 0.1) is 40.2 Å². The number of aromatic amines is 4. The lowest BCUT2D eigenvalue weighted by Crippen LogP contribution is -2.42. The lowest BCUT2D eigenvalue weighted by molar-refractivity contribution is 0.0927. The Bertz CT molecular complexity index is 1600. The number of benzene rings is 1. The number of rotatable bonds is 6. The molecule has 0 fully saturated rings. The van der Waals surface area contributed by atoms with Crippen LogP contribution in [0.2, 0.25) is 0 Å². The number of nitrogens with one attached hydrogen (secondary N) is 6. The van der Waals surface area contributed by atoms with Gasteiger partial charge in [-0.05, 0) is 87.0 Å². The van der Waals surface area contributed by atoms with E-state index in [4.69, 9.17) is 11.5 Å². The summed E-state index contributed by atoms with van der Waals surface area (Å²) in [5, 5.41) is 6.00. The van der Waals surface area contributed by atoms with E-state index in [0.717, 1.165) is 20.1 Å². The van der Waals surface area contributed by atoms with Crippen molar-refractivity contribution in [2.75, 3.05) is 24.6 Å². The molecule has 6 rings (SSSR count). The molecule has 10 N–H and O–H groups in total. The van der Waals surface area contributed by atoms with Gasteiger partial charge < -0.3 is 42.0 Å². The average Bonchev–Trinajstić information content (AvgIpc) is 3.60. The number of carbonyl (C=O) groups is 2. The van der Waals surface area contributed by atoms with Crippen molar-refractivity contribution in [3.63, 3.8) is 0 Å². The lowest BCUT2D eigenvalue weighted by atomic mass is 9.66. The minimum atomic E-state index is -0.267. The standard InChI is InChI=1S/C22H18Br4N10O2/c23-7-1-9(31-17(7)25)19(37)29-3-5-6(4-30-20(38)10-2-8(24)18(26)32-10)12-11(5)13-15(35-21(27)33-13)16-14(12)34-22(28)36-16/h1-2,5-6,31-32H,3-4H2,(H,29,37)(H,30,38)(H3,27,33,35)(H3,28,34,36)/t5-,6-/m0/s1. The molecule has 0 saturated carbocycles. The zero-order valence-corrected chi connectivity index (χ0v) is 25.4. The first kappa shape index (κ1) is 25.5. The fourth-order valence-corrected chi connectivity index (χ4v) is 6.30. The summed E-state index contributed by atoms with van der Waals surface area (Å²) in [5.41, 5.74) is 17.4. The summed E-state index contributed by atoms with van der Waals surface area (Å²) >= 11 is 13.5. The number of imidazole rings is 2. The molecule has 0 aliphatic heterocycles. The number of halogens is 4. The molecule has 1 aliphatic rings. The van der Waals surface area contributed by atoms with Crippen LogP contribution in [0.15, 0.2) is 30.3 Å². The average molecular weight is 774 g/mol. The van der Waals surface area contributed by atoms with Crippen molar-refractivity contribution in [2.24, 2.45) is 0 Å². The summed E-state index contributed by atoms with van der Waals surface area (Å²) in [4.78, 5) is 47.0. The second kappa shape index (κ2) is 9.43. The van der Waals surface area contributed by atoms with Gasteiger partial charge in [-0.1, -0.05) is 0 Å². The van der Waals surface area contributed by atoms with E-state index in [0.29, 0.717) is 55.8 Å². The topological polar surface area (TPSA) is 199 Å². The molecule has 38 heavy (non-hydrogen) atoms. The second-order valence-electron chi connectivity index (χ2n) is 8.84. The Balaban J connectivity index is 1.35. The van der Waals surface area contributed by atoms with Crippen molar-refractivity contribution in [1.29, 1.82) is 0 Å². The number of hydrogen-bond donors (Lipinski definition) is 8. The zero-order chi connectivity index (χ0) is 26.9. The van der Waals surface area contributed by atoms with Crippen molar-refractivity contribution in [3.05, 3.63) is 52.8 Å². The molecule has 1 aliphatic carbocycles. The number of carbonyl (C=O) groups excluding carboxylic acids is 2. The minimum Gasteiger partial charge on any atom is -0.369 e. The van der Waals surface area contributed by atoms with Crippen LogP contribution in [-0.4, -0.2) is 54.8 Å². The summed E-state index contributed by atoms with van der Waals surface area (Å²) in [5.74, 6) is -0.373. The number of hydrogen-bond acceptors (Lipinski definition) is 6. The maximum atomic E-state index is 12.9. The lowest BCUT2D eigenvalue weighted by Gasteiger charge is -2.40. The summed E-state index contributed by atoms with van der Waals surface area (Å²) in [6.07, 6.45) is 0. The van der Waals surface area contributed by atoms with Gasteiger partial charge in [-0.2, -0.15) is 0 Å². The molecule has 4 aromatic heterocycles. The molecule has 2 amide bonds. The van der Waals surface area contributed by atoms with E-state index in [1.807, 2.05) is 0 Å². The molecule has 196 valence electrons. The van der Waals surface area contributed by atoms with E-state index in [-0.39, 0.29) is 35.5 Å². The van der Waals surface area contributed by atoms with Crippen molar-refractivity contribution in [2.45, 2.75) is 11.8 Å². The van der Waals surface area contributed by atoms with Crippen LogP contribution in [0, 0.1) is 0 Å². The quantitative estimate of drug-likeness (QED) is 0.126. The molecule has 12 nitrogen and oxygen atoms in total. The van der Waals surface area contributed by atoms with Gasteiger partial charge in [0, 0.05) is 24.9 Å². The van der Waals surface area contributed by atoms with Gasteiger partial charge in [-0.25, -0.2) is 9.97 Å². The van der Waals surface area contributed by atoms with Gasteiger partial charge >= 0.3 is 0 Å². The Morgan fingerprint density at radius 2 is 1.13 bits per heavy atom. The van der Waals surface area contributed by atoms with Gasteiger partial charge in [-0.3, -0.25) is 9.59 Å². The fraction of sp³-hybridized carbons (Fsp3) is 0.182. The Hall–Kier alpha value is -2.82. The van der Waals surface area contributed by atoms with E-state index in [2.05, 4.69) is 104 Å². The predicted molar refractivity (Wildman–Crippen MR) is 157 cm³/mol. The summed E-state index contributed by atoms with van der Waals surface area (Å²) in [6, 6.07) is 3.39. The zero-order valence-electron chi connectivity index (χ0n) is 19.1. The van der Waals surface area contributed by atoms with Gasteiger partial charge in [0.1, 0.15) is 11.4 Å². The molecular formula is C22H18Br4N10O2. The molecule has 0 bridgehead atoms. The molecule has 2 atom stereocenters. The number of amides is 2. The molecule has 0 radical (unpaired) electrons. The number of fused-ring (bicyclic) bond motifs is 6. The van der Waals surface area contributed by atoms with E-state index < -0.39 is 0 Å². The summed E-state index contributed by atoms with van der Waals surface area (Å²) in [6.45, 7) is 0.598. The van der Waals surface area contributed by atoms with Crippen LogP contribution in [0.3, 0.4) is 0 Å². The highest BCUT2D eigenvalue weighted by Crippen LogP contribution is 2.52. The number of H-pyrrole nitrogens is 4. The third kappa shape index (κ3) is 4.13.